The third-order valence-electron chi connectivity index (χ3n) is 4.51. The van der Waals surface area contributed by atoms with E-state index in [1.165, 1.54) is 5.56 Å². The van der Waals surface area contributed by atoms with E-state index in [1.807, 2.05) is 52.1 Å². The van der Waals surface area contributed by atoms with Crippen LogP contribution in [0.15, 0.2) is 47.6 Å². The number of nitrogens with zero attached hydrogens (tertiary/aromatic N) is 3. The first-order valence-corrected chi connectivity index (χ1v) is 10.5. The second-order valence-electron chi connectivity index (χ2n) is 8.56. The molecule has 0 atom stereocenters. The molecule has 2 aromatic rings. The summed E-state index contributed by atoms with van der Waals surface area (Å²) in [4.78, 5) is 22.3. The highest BCUT2D eigenvalue weighted by molar-refractivity contribution is 14.0. The van der Waals surface area contributed by atoms with Crippen molar-refractivity contribution in [1.29, 1.82) is 0 Å². The highest BCUT2D eigenvalue weighted by atomic mass is 127. The van der Waals surface area contributed by atoms with E-state index in [9.17, 15) is 4.79 Å². The van der Waals surface area contributed by atoms with Crippen LogP contribution in [0.3, 0.4) is 0 Å². The Morgan fingerprint density at radius 3 is 2.25 bits per heavy atom. The van der Waals surface area contributed by atoms with Crippen molar-refractivity contribution in [2.45, 2.75) is 52.8 Å². The van der Waals surface area contributed by atoms with Crippen LogP contribution in [0, 0.1) is 6.92 Å². The number of aryl methyl sites for hydroxylation is 1. The number of aliphatic imine (C=N–C) groups is 1. The molecule has 0 saturated carbocycles. The van der Waals surface area contributed by atoms with Gasteiger partial charge < -0.3 is 20.3 Å². The largest absolute Gasteiger partial charge is 0.444 e. The van der Waals surface area contributed by atoms with Crippen LogP contribution >= 0.6 is 24.0 Å². The first-order valence-electron chi connectivity index (χ1n) is 10.5. The first kappa shape index (κ1) is 27.7. The number of halogens is 1. The summed E-state index contributed by atoms with van der Waals surface area (Å²) in [5.74, 6) is 0.758. The molecule has 2 rings (SSSR count). The number of ether oxygens (including phenoxy) is 1. The number of guanidine groups is 1. The summed E-state index contributed by atoms with van der Waals surface area (Å²) in [5, 5.41) is 6.65. The highest BCUT2D eigenvalue weighted by Gasteiger charge is 2.19. The summed E-state index contributed by atoms with van der Waals surface area (Å²) < 4.78 is 5.39. The molecule has 32 heavy (non-hydrogen) atoms. The van der Waals surface area contributed by atoms with Crippen LogP contribution in [0.5, 0.6) is 0 Å². The summed E-state index contributed by atoms with van der Waals surface area (Å²) in [6, 6.07) is 12.3. The SMILES string of the molecule is CN=C(NCCc1ccc(C)nc1)NCc1ccc(CN(C)C(=O)OC(C)(C)C)cc1.I. The van der Waals surface area contributed by atoms with Crippen LogP contribution in [-0.4, -0.2) is 48.2 Å². The van der Waals surface area contributed by atoms with Crippen molar-refractivity contribution >= 4 is 36.0 Å². The topological polar surface area (TPSA) is 78.9 Å². The van der Waals surface area contributed by atoms with E-state index in [0.29, 0.717) is 13.1 Å². The molecule has 1 amide bonds. The van der Waals surface area contributed by atoms with Gasteiger partial charge in [-0.1, -0.05) is 30.3 Å². The second-order valence-corrected chi connectivity index (χ2v) is 8.56. The van der Waals surface area contributed by atoms with Gasteiger partial charge in [-0.15, -0.1) is 24.0 Å². The third kappa shape index (κ3) is 10.3. The van der Waals surface area contributed by atoms with E-state index in [1.54, 1.807) is 19.0 Å². The minimum absolute atomic E-state index is 0. The Labute approximate surface area is 209 Å². The molecule has 1 aromatic carbocycles. The zero-order valence-electron chi connectivity index (χ0n) is 19.9. The van der Waals surface area contributed by atoms with Crippen molar-refractivity contribution in [3.63, 3.8) is 0 Å². The van der Waals surface area contributed by atoms with Gasteiger partial charge >= 0.3 is 6.09 Å². The van der Waals surface area contributed by atoms with Crippen LogP contribution in [-0.2, 0) is 24.2 Å². The van der Waals surface area contributed by atoms with Crippen molar-refractivity contribution in [1.82, 2.24) is 20.5 Å². The molecule has 176 valence electrons. The highest BCUT2D eigenvalue weighted by Crippen LogP contribution is 2.12. The minimum Gasteiger partial charge on any atom is -0.444 e. The number of amides is 1. The van der Waals surface area contributed by atoms with Crippen LogP contribution in [0.4, 0.5) is 4.79 Å². The van der Waals surface area contributed by atoms with E-state index in [2.05, 4.69) is 38.8 Å². The Hall–Kier alpha value is -2.36. The third-order valence-corrected chi connectivity index (χ3v) is 4.51. The molecule has 0 aliphatic carbocycles. The quantitative estimate of drug-likeness (QED) is 0.304. The molecule has 0 spiro atoms. The molecule has 8 heteroatoms. The molecule has 0 radical (unpaired) electrons. The van der Waals surface area contributed by atoms with E-state index in [-0.39, 0.29) is 30.1 Å². The van der Waals surface area contributed by atoms with Crippen molar-refractivity contribution in [3.05, 3.63) is 65.0 Å². The first-order chi connectivity index (χ1) is 14.7. The Balaban J connectivity index is 0.00000512. The lowest BCUT2D eigenvalue weighted by molar-refractivity contribution is 0.0285. The molecule has 7 nitrogen and oxygen atoms in total. The minimum atomic E-state index is -0.496. The van der Waals surface area contributed by atoms with Crippen molar-refractivity contribution < 1.29 is 9.53 Å². The number of rotatable bonds is 7. The number of pyridine rings is 1. The average molecular weight is 553 g/mol. The second kappa shape index (κ2) is 13.2. The zero-order chi connectivity index (χ0) is 22.9. The molecule has 0 unspecified atom stereocenters. The predicted octanol–water partition coefficient (Wildman–Crippen LogP) is 4.28. The fourth-order valence-electron chi connectivity index (χ4n) is 2.82. The summed E-state index contributed by atoms with van der Waals surface area (Å²) in [7, 11) is 3.50. The smallest absolute Gasteiger partial charge is 0.410 e. The van der Waals surface area contributed by atoms with Crippen molar-refractivity contribution in [2.24, 2.45) is 4.99 Å². The van der Waals surface area contributed by atoms with Crippen LogP contribution < -0.4 is 10.6 Å². The van der Waals surface area contributed by atoms with Gasteiger partial charge in [0.15, 0.2) is 5.96 Å². The molecular formula is C24H36IN5O2. The summed E-state index contributed by atoms with van der Waals surface area (Å²) >= 11 is 0. The lowest BCUT2D eigenvalue weighted by Gasteiger charge is -2.24. The van der Waals surface area contributed by atoms with Gasteiger partial charge in [-0.05, 0) is 56.9 Å². The van der Waals surface area contributed by atoms with Crippen LogP contribution in [0.25, 0.3) is 0 Å². The molecule has 1 heterocycles. The number of aromatic nitrogens is 1. The Bertz CT molecular complexity index is 861. The van der Waals surface area contributed by atoms with E-state index in [4.69, 9.17) is 4.74 Å². The number of carbonyl (C=O) groups is 1. The van der Waals surface area contributed by atoms with Crippen molar-refractivity contribution in [3.8, 4) is 0 Å². The molecular weight excluding hydrogens is 517 g/mol. The average Bonchev–Trinajstić information content (AvgIpc) is 2.71. The number of hydrogen-bond donors (Lipinski definition) is 2. The van der Waals surface area contributed by atoms with Crippen LogP contribution in [0.2, 0.25) is 0 Å². The van der Waals surface area contributed by atoms with Gasteiger partial charge in [-0.25, -0.2) is 4.79 Å². The number of carbonyl (C=O) groups excluding carboxylic acids is 1. The monoisotopic (exact) mass is 553 g/mol. The van der Waals surface area contributed by atoms with Gasteiger partial charge in [-0.2, -0.15) is 0 Å². The lowest BCUT2D eigenvalue weighted by Crippen LogP contribution is -2.37. The summed E-state index contributed by atoms with van der Waals surface area (Å²) in [6.07, 6.45) is 2.47. The van der Waals surface area contributed by atoms with Gasteiger partial charge in [0.25, 0.3) is 0 Å². The van der Waals surface area contributed by atoms with Gasteiger partial charge in [0.1, 0.15) is 5.60 Å². The van der Waals surface area contributed by atoms with E-state index in [0.717, 1.165) is 35.7 Å². The van der Waals surface area contributed by atoms with Gasteiger partial charge in [0.2, 0.25) is 0 Å². The zero-order valence-corrected chi connectivity index (χ0v) is 22.3. The maximum Gasteiger partial charge on any atom is 0.410 e. The number of nitrogens with one attached hydrogen (secondary N) is 2. The fraction of sp³-hybridized carbons (Fsp3) is 0.458. The summed E-state index contributed by atoms with van der Waals surface area (Å²) in [5.41, 5.74) is 3.91. The van der Waals surface area contributed by atoms with Gasteiger partial charge in [-0.3, -0.25) is 9.98 Å². The Morgan fingerprint density at radius 1 is 1.06 bits per heavy atom. The van der Waals surface area contributed by atoms with E-state index >= 15 is 0 Å². The van der Waals surface area contributed by atoms with Gasteiger partial charge in [0.05, 0.1) is 0 Å². The standard InChI is InChI=1S/C24H35N5O2.HI/c1-18-7-8-20(15-27-18)13-14-26-22(25-5)28-16-19-9-11-21(12-10-19)17-29(6)23(30)31-24(2,3)4;/h7-12,15H,13-14,16-17H2,1-6H3,(H2,25,26,28);1H. The molecule has 0 aliphatic rings. The van der Waals surface area contributed by atoms with Crippen LogP contribution in [0.1, 0.15) is 43.2 Å². The number of benzene rings is 1. The maximum absolute atomic E-state index is 12.1. The van der Waals surface area contributed by atoms with Crippen molar-refractivity contribution in [2.75, 3.05) is 20.6 Å². The molecule has 0 bridgehead atoms. The Kier molecular flexibility index (Phi) is 11.5. The Morgan fingerprint density at radius 2 is 1.69 bits per heavy atom. The predicted molar refractivity (Wildman–Crippen MR) is 140 cm³/mol. The molecule has 0 saturated heterocycles. The van der Waals surface area contributed by atoms with E-state index < -0.39 is 5.60 Å². The maximum atomic E-state index is 12.1. The molecule has 0 aliphatic heterocycles. The molecule has 2 N–H and O–H groups in total. The normalized spacial score (nSPS) is 11.4. The van der Waals surface area contributed by atoms with Gasteiger partial charge in [0, 0.05) is 45.6 Å². The fourth-order valence-corrected chi connectivity index (χ4v) is 2.82. The summed E-state index contributed by atoms with van der Waals surface area (Å²) in [6.45, 7) is 9.52. The molecule has 1 aromatic heterocycles. The molecule has 0 fully saturated rings. The lowest BCUT2D eigenvalue weighted by atomic mass is 10.1. The number of hydrogen-bond acceptors (Lipinski definition) is 4.